The number of anilines is 3. The molecule has 6 aromatic carbocycles. The number of para-hydroxylation sites is 4. The Morgan fingerprint density at radius 3 is 2.27 bits per heavy atom. The average molecular weight is 525 g/mol. The smallest absolute Gasteiger partial charge is 0.333 e. The zero-order valence-electron chi connectivity index (χ0n) is 22.4. The minimum absolute atomic E-state index is 0.119. The quantitative estimate of drug-likeness (QED) is 0.206. The van der Waals surface area contributed by atoms with Crippen LogP contribution in [0.15, 0.2) is 115 Å². The molecule has 4 heterocycles. The predicted molar refractivity (Wildman–Crippen MR) is 174 cm³/mol. The molecule has 0 bridgehead atoms. The third-order valence-corrected chi connectivity index (χ3v) is 13.4. The molecule has 0 N–H and O–H groups in total. The van der Waals surface area contributed by atoms with Crippen LogP contribution in [0.25, 0.3) is 43.7 Å². The lowest BCUT2D eigenvalue weighted by molar-refractivity contribution is 1.26. The predicted octanol–water partition coefficient (Wildman–Crippen LogP) is 6.50. The summed E-state index contributed by atoms with van der Waals surface area (Å²) in [6.45, 7) is 5.17. The van der Waals surface area contributed by atoms with Crippen LogP contribution < -0.4 is 26.2 Å². The van der Waals surface area contributed by atoms with Crippen molar-refractivity contribution in [3.8, 4) is 11.1 Å². The monoisotopic (exact) mass is 524 g/mol. The number of rotatable bonds is 0. The second kappa shape index (κ2) is 6.96. The standard InChI is InChI=1S/C36H25BN2Si/c1-40(2)31-19-8-7-18-29(31)38-30-21-22-11-3-4-12-23(22)33-26-15-9-14-25-24-13-5-6-17-28(24)39(35(25)26)37(34(30)33)27-16-10-20-32(40)36(27)38/h3-21H,1-2H3. The largest absolute Gasteiger partial charge is 0.375 e. The number of aromatic nitrogens is 1. The van der Waals surface area contributed by atoms with Crippen LogP contribution in [0.5, 0.6) is 0 Å². The Bertz CT molecular complexity index is 2280. The fourth-order valence-corrected chi connectivity index (χ4v) is 11.3. The molecule has 186 valence electrons. The first-order valence-electron chi connectivity index (χ1n) is 14.3. The molecule has 1 aromatic heterocycles. The number of fused-ring (bicyclic) bond motifs is 11. The van der Waals surface area contributed by atoms with Crippen molar-refractivity contribution in [2.75, 3.05) is 4.90 Å². The summed E-state index contributed by atoms with van der Waals surface area (Å²) in [5.74, 6) is 0. The van der Waals surface area contributed by atoms with Crippen LogP contribution in [0.4, 0.5) is 17.1 Å². The van der Waals surface area contributed by atoms with Gasteiger partial charge < -0.3 is 9.38 Å². The van der Waals surface area contributed by atoms with Crippen molar-refractivity contribution in [1.82, 2.24) is 4.48 Å². The molecule has 4 heteroatoms. The highest BCUT2D eigenvalue weighted by molar-refractivity contribution is 7.04. The molecule has 0 aliphatic carbocycles. The maximum atomic E-state index is 2.67. The molecule has 10 rings (SSSR count). The lowest BCUT2D eigenvalue weighted by Crippen LogP contribution is -2.65. The molecule has 0 radical (unpaired) electrons. The fraction of sp³-hybridized carbons (Fsp3) is 0.0556. The van der Waals surface area contributed by atoms with Gasteiger partial charge in [0.15, 0.2) is 0 Å². The van der Waals surface area contributed by atoms with E-state index in [1.54, 1.807) is 0 Å². The Morgan fingerprint density at radius 2 is 1.35 bits per heavy atom. The van der Waals surface area contributed by atoms with E-state index in [2.05, 4.69) is 138 Å². The van der Waals surface area contributed by atoms with Gasteiger partial charge in [-0.15, -0.1) is 0 Å². The van der Waals surface area contributed by atoms with Crippen LogP contribution in [0.3, 0.4) is 0 Å². The van der Waals surface area contributed by atoms with Crippen molar-refractivity contribution in [2.24, 2.45) is 0 Å². The average Bonchev–Trinajstić information content (AvgIpc) is 3.33. The molecule has 0 spiro atoms. The Hall–Kier alpha value is -4.54. The normalized spacial score (nSPS) is 15.3. The summed E-state index contributed by atoms with van der Waals surface area (Å²) in [6.07, 6.45) is 0. The van der Waals surface area contributed by atoms with Gasteiger partial charge in [-0.05, 0) is 55.8 Å². The molecular formula is C36H25BN2Si. The molecular weight excluding hydrogens is 499 g/mol. The summed E-state index contributed by atoms with van der Waals surface area (Å²) in [4.78, 5) is 2.62. The van der Waals surface area contributed by atoms with Gasteiger partial charge in [0.2, 0.25) is 0 Å². The van der Waals surface area contributed by atoms with Crippen LogP contribution in [-0.4, -0.2) is 19.4 Å². The first-order valence-corrected chi connectivity index (χ1v) is 17.3. The van der Waals surface area contributed by atoms with Crippen molar-refractivity contribution in [2.45, 2.75) is 13.1 Å². The molecule has 0 atom stereocenters. The van der Waals surface area contributed by atoms with Gasteiger partial charge in [0.25, 0.3) is 0 Å². The lowest BCUT2D eigenvalue weighted by atomic mass is 9.44. The molecule has 0 saturated heterocycles. The van der Waals surface area contributed by atoms with Crippen LogP contribution in [0, 0.1) is 0 Å². The molecule has 3 aliphatic rings. The minimum Gasteiger partial charge on any atom is -0.375 e. The molecule has 7 aromatic rings. The molecule has 0 saturated carbocycles. The number of benzene rings is 6. The van der Waals surface area contributed by atoms with E-state index in [-0.39, 0.29) is 6.85 Å². The highest BCUT2D eigenvalue weighted by Crippen LogP contribution is 2.48. The first kappa shape index (κ1) is 21.3. The summed E-state index contributed by atoms with van der Waals surface area (Å²) in [5.41, 5.74) is 12.4. The Kier molecular flexibility index (Phi) is 3.71. The van der Waals surface area contributed by atoms with E-state index >= 15 is 0 Å². The van der Waals surface area contributed by atoms with Gasteiger partial charge in [-0.3, -0.25) is 0 Å². The molecule has 2 nitrogen and oxygen atoms in total. The Morgan fingerprint density at radius 1 is 0.625 bits per heavy atom. The maximum absolute atomic E-state index is 2.67. The van der Waals surface area contributed by atoms with Crippen molar-refractivity contribution in [3.05, 3.63) is 115 Å². The van der Waals surface area contributed by atoms with Crippen molar-refractivity contribution in [3.63, 3.8) is 0 Å². The van der Waals surface area contributed by atoms with Crippen molar-refractivity contribution in [1.29, 1.82) is 0 Å². The summed E-state index contributed by atoms with van der Waals surface area (Å²) >= 11 is 0. The summed E-state index contributed by atoms with van der Waals surface area (Å²) in [6, 6.07) is 43.7. The number of hydrogen-bond acceptors (Lipinski definition) is 1. The van der Waals surface area contributed by atoms with Gasteiger partial charge in [-0.1, -0.05) is 110 Å². The van der Waals surface area contributed by atoms with Gasteiger partial charge in [0.05, 0.1) is 0 Å². The van der Waals surface area contributed by atoms with Gasteiger partial charge in [0.1, 0.15) is 8.07 Å². The van der Waals surface area contributed by atoms with Gasteiger partial charge in [0, 0.05) is 44.4 Å². The SMILES string of the molecule is C[Si]1(C)c2ccccc2N2c3cc4ccccc4c4c3B(c3cccc1c32)n1c2ccccc2c2cccc-4c21. The second-order valence-electron chi connectivity index (χ2n) is 12.1. The first-order chi connectivity index (χ1) is 19.6. The van der Waals surface area contributed by atoms with Crippen LogP contribution in [0.1, 0.15) is 0 Å². The number of hydrogen-bond donors (Lipinski definition) is 0. The van der Waals surface area contributed by atoms with E-state index in [0.29, 0.717) is 0 Å². The van der Waals surface area contributed by atoms with E-state index in [1.807, 2.05) is 0 Å². The Balaban J connectivity index is 1.49. The van der Waals surface area contributed by atoms with Crippen LogP contribution >= 0.6 is 0 Å². The molecule has 3 aliphatic heterocycles. The van der Waals surface area contributed by atoms with Gasteiger partial charge >= 0.3 is 6.85 Å². The highest BCUT2D eigenvalue weighted by Gasteiger charge is 2.48. The summed E-state index contributed by atoms with van der Waals surface area (Å²) < 4.78 is 2.67. The molecule has 0 fully saturated rings. The zero-order valence-corrected chi connectivity index (χ0v) is 23.4. The van der Waals surface area contributed by atoms with E-state index in [4.69, 9.17) is 0 Å². The van der Waals surface area contributed by atoms with Crippen LogP contribution in [-0.2, 0) is 0 Å². The highest BCUT2D eigenvalue weighted by atomic mass is 28.3. The maximum Gasteiger partial charge on any atom is 0.333 e. The molecule has 0 amide bonds. The van der Waals surface area contributed by atoms with Gasteiger partial charge in [-0.25, -0.2) is 0 Å². The zero-order chi connectivity index (χ0) is 26.3. The fourth-order valence-electron chi connectivity index (χ4n) is 8.30. The summed E-state index contributed by atoms with van der Waals surface area (Å²) in [5, 5.41) is 8.39. The van der Waals surface area contributed by atoms with Gasteiger partial charge in [-0.2, -0.15) is 0 Å². The second-order valence-corrected chi connectivity index (χ2v) is 16.4. The van der Waals surface area contributed by atoms with E-state index in [9.17, 15) is 0 Å². The van der Waals surface area contributed by atoms with Crippen molar-refractivity contribution >= 4 is 85.9 Å². The minimum atomic E-state index is -1.92. The van der Waals surface area contributed by atoms with E-state index in [0.717, 1.165) is 0 Å². The lowest BCUT2D eigenvalue weighted by Gasteiger charge is -2.47. The van der Waals surface area contributed by atoms with E-state index in [1.165, 1.54) is 82.1 Å². The number of nitrogens with zero attached hydrogens (tertiary/aromatic N) is 2. The molecule has 0 unspecified atom stereocenters. The van der Waals surface area contributed by atoms with Crippen LogP contribution in [0.2, 0.25) is 13.1 Å². The molecule has 40 heavy (non-hydrogen) atoms. The third-order valence-electron chi connectivity index (χ3n) is 9.92. The third kappa shape index (κ3) is 2.28. The topological polar surface area (TPSA) is 8.17 Å². The summed E-state index contributed by atoms with van der Waals surface area (Å²) in [7, 11) is -1.92. The van der Waals surface area contributed by atoms with E-state index < -0.39 is 8.07 Å². The Labute approximate surface area is 234 Å². The van der Waals surface area contributed by atoms with Crippen molar-refractivity contribution < 1.29 is 0 Å².